The molecule has 4 bridgehead atoms. The fraction of sp³-hybridized carbons (Fsp3) is 0.923. The van der Waals surface area contributed by atoms with Gasteiger partial charge in [0, 0.05) is 5.54 Å². The zero-order valence-electron chi connectivity index (χ0n) is 10.7. The molecule has 0 spiro atoms. The van der Waals surface area contributed by atoms with Gasteiger partial charge >= 0.3 is 0 Å². The average molecular weight is 268 g/mol. The van der Waals surface area contributed by atoms with Crippen molar-refractivity contribution in [2.24, 2.45) is 17.8 Å². The van der Waals surface area contributed by atoms with Crippen molar-refractivity contribution < 1.29 is 8.42 Å². The molecule has 0 radical (unpaired) electrons. The molecule has 1 atom stereocenters. The summed E-state index contributed by atoms with van der Waals surface area (Å²) in [4.78, 5) is 0. The van der Waals surface area contributed by atoms with Crippen LogP contribution >= 0.6 is 0 Å². The Kier molecular flexibility index (Phi) is 2.73. The third-order valence-electron chi connectivity index (χ3n) is 5.04. The highest BCUT2D eigenvalue weighted by Crippen LogP contribution is 2.55. The molecule has 0 amide bonds. The van der Waals surface area contributed by atoms with Crippen molar-refractivity contribution in [1.29, 1.82) is 5.26 Å². The summed E-state index contributed by atoms with van der Waals surface area (Å²) in [6.07, 6.45) is 6.81. The molecule has 0 heterocycles. The molecule has 5 heteroatoms. The molecule has 0 aliphatic heterocycles. The lowest BCUT2D eigenvalue weighted by Crippen LogP contribution is -2.60. The normalized spacial score (nSPS) is 43.7. The van der Waals surface area contributed by atoms with Gasteiger partial charge in [0.25, 0.3) is 0 Å². The number of nitrogens with zero attached hydrogens (tertiary/aromatic N) is 1. The van der Waals surface area contributed by atoms with Crippen LogP contribution in [0.3, 0.4) is 0 Å². The van der Waals surface area contributed by atoms with Crippen LogP contribution in [-0.4, -0.2) is 19.2 Å². The number of sulfonamides is 1. The molecule has 4 saturated carbocycles. The van der Waals surface area contributed by atoms with Crippen molar-refractivity contribution in [2.45, 2.75) is 56.2 Å². The molecule has 100 valence electrons. The maximum Gasteiger partial charge on any atom is 0.228 e. The van der Waals surface area contributed by atoms with Gasteiger partial charge in [0.05, 0.1) is 6.07 Å². The number of hydrogen-bond donors (Lipinski definition) is 1. The minimum atomic E-state index is -3.48. The topological polar surface area (TPSA) is 70.0 Å². The van der Waals surface area contributed by atoms with Crippen LogP contribution in [0.4, 0.5) is 0 Å². The van der Waals surface area contributed by atoms with E-state index in [9.17, 15) is 8.42 Å². The van der Waals surface area contributed by atoms with Crippen molar-refractivity contribution >= 4 is 10.0 Å². The Morgan fingerprint density at radius 1 is 1.17 bits per heavy atom. The van der Waals surface area contributed by atoms with Crippen LogP contribution in [0.15, 0.2) is 0 Å². The lowest BCUT2D eigenvalue weighted by Gasteiger charge is -2.56. The Balaban J connectivity index is 1.83. The Bertz CT molecular complexity index is 456. The Morgan fingerprint density at radius 3 is 2.00 bits per heavy atom. The summed E-state index contributed by atoms with van der Waals surface area (Å²) >= 11 is 0. The van der Waals surface area contributed by atoms with Crippen LogP contribution in [0.25, 0.3) is 0 Å². The van der Waals surface area contributed by atoms with Gasteiger partial charge in [-0.1, -0.05) is 0 Å². The van der Waals surface area contributed by atoms with E-state index >= 15 is 0 Å². The second-order valence-electron chi connectivity index (χ2n) is 6.62. The highest BCUT2D eigenvalue weighted by Gasteiger charge is 2.52. The van der Waals surface area contributed by atoms with E-state index in [0.717, 1.165) is 19.3 Å². The fourth-order valence-corrected chi connectivity index (χ4v) is 5.86. The second-order valence-corrected chi connectivity index (χ2v) is 8.62. The summed E-state index contributed by atoms with van der Waals surface area (Å²) in [5.41, 5.74) is -0.224. The standard InChI is InChI=1S/C13H20N2O2S/c1-9(8-14)18(16,17)15-13-5-10-2-11(6-13)4-12(3-10)7-13/h9-12,15H,2-7H2,1H3. The van der Waals surface area contributed by atoms with E-state index in [1.807, 2.05) is 6.07 Å². The maximum atomic E-state index is 12.1. The zero-order chi connectivity index (χ0) is 13.0. The smallest absolute Gasteiger partial charge is 0.211 e. The van der Waals surface area contributed by atoms with E-state index < -0.39 is 15.3 Å². The van der Waals surface area contributed by atoms with Crippen molar-refractivity contribution in [3.05, 3.63) is 0 Å². The molecule has 4 rings (SSSR count). The van der Waals surface area contributed by atoms with E-state index in [4.69, 9.17) is 5.26 Å². The summed E-state index contributed by atoms with van der Waals surface area (Å²) in [5, 5.41) is 7.86. The predicted molar refractivity (Wildman–Crippen MR) is 68.0 cm³/mol. The number of rotatable bonds is 3. The summed E-state index contributed by atoms with van der Waals surface area (Å²) in [6.45, 7) is 1.46. The summed E-state index contributed by atoms with van der Waals surface area (Å²) in [7, 11) is -3.48. The first-order chi connectivity index (χ1) is 8.42. The molecule has 0 saturated heterocycles. The first-order valence-electron chi connectivity index (χ1n) is 6.85. The van der Waals surface area contributed by atoms with Crippen LogP contribution in [0, 0.1) is 29.1 Å². The van der Waals surface area contributed by atoms with E-state index in [1.54, 1.807) is 0 Å². The summed E-state index contributed by atoms with van der Waals surface area (Å²) < 4.78 is 27.1. The maximum absolute atomic E-state index is 12.1. The van der Waals surface area contributed by atoms with Crippen LogP contribution < -0.4 is 4.72 Å². The molecule has 0 aromatic heterocycles. The van der Waals surface area contributed by atoms with Crippen molar-refractivity contribution in [3.63, 3.8) is 0 Å². The quantitative estimate of drug-likeness (QED) is 0.848. The van der Waals surface area contributed by atoms with Crippen LogP contribution in [-0.2, 0) is 10.0 Å². The largest absolute Gasteiger partial charge is 0.228 e. The van der Waals surface area contributed by atoms with E-state index in [1.165, 1.54) is 26.2 Å². The highest BCUT2D eigenvalue weighted by atomic mass is 32.2. The van der Waals surface area contributed by atoms with Crippen LogP contribution in [0.2, 0.25) is 0 Å². The molecule has 0 aromatic rings. The summed E-state index contributed by atoms with van der Waals surface area (Å²) in [5.74, 6) is 2.11. The van der Waals surface area contributed by atoms with Crippen molar-refractivity contribution in [1.82, 2.24) is 4.72 Å². The predicted octanol–water partition coefficient (Wildman–Crippen LogP) is 1.79. The number of nitrogens with one attached hydrogen (secondary N) is 1. The van der Waals surface area contributed by atoms with Gasteiger partial charge in [-0.2, -0.15) is 5.26 Å². The van der Waals surface area contributed by atoms with Gasteiger partial charge in [-0.25, -0.2) is 13.1 Å². The van der Waals surface area contributed by atoms with Crippen LogP contribution in [0.5, 0.6) is 0 Å². The molecule has 0 aromatic carbocycles. The monoisotopic (exact) mass is 268 g/mol. The molecular formula is C13H20N2O2S. The Labute approximate surface area is 109 Å². The lowest BCUT2D eigenvalue weighted by atomic mass is 9.53. The SMILES string of the molecule is CC(C#N)S(=O)(=O)NC12CC3CC(CC(C3)C1)C2. The molecular weight excluding hydrogens is 248 g/mol. The fourth-order valence-electron chi connectivity index (χ4n) is 4.70. The third kappa shape index (κ3) is 1.96. The summed E-state index contributed by atoms with van der Waals surface area (Å²) in [6, 6.07) is 1.84. The van der Waals surface area contributed by atoms with Gasteiger partial charge in [0.2, 0.25) is 10.0 Å². The number of nitriles is 1. The minimum Gasteiger partial charge on any atom is -0.211 e. The molecule has 18 heavy (non-hydrogen) atoms. The first-order valence-corrected chi connectivity index (χ1v) is 8.39. The van der Waals surface area contributed by atoms with Gasteiger partial charge in [0.15, 0.2) is 5.25 Å². The minimum absolute atomic E-state index is 0.224. The molecule has 4 fully saturated rings. The van der Waals surface area contributed by atoms with Gasteiger partial charge < -0.3 is 0 Å². The van der Waals surface area contributed by atoms with Crippen molar-refractivity contribution in [2.75, 3.05) is 0 Å². The molecule has 1 unspecified atom stereocenters. The molecule has 4 aliphatic carbocycles. The zero-order valence-corrected chi connectivity index (χ0v) is 11.5. The van der Waals surface area contributed by atoms with Crippen molar-refractivity contribution in [3.8, 4) is 6.07 Å². The van der Waals surface area contributed by atoms with E-state index in [2.05, 4.69) is 4.72 Å². The highest BCUT2D eigenvalue weighted by molar-refractivity contribution is 7.90. The second kappa shape index (κ2) is 3.94. The van der Waals surface area contributed by atoms with Crippen LogP contribution in [0.1, 0.15) is 45.4 Å². The Hall–Kier alpha value is -0.600. The van der Waals surface area contributed by atoms with E-state index in [0.29, 0.717) is 17.8 Å². The average Bonchev–Trinajstić information content (AvgIpc) is 2.24. The van der Waals surface area contributed by atoms with E-state index in [-0.39, 0.29) is 5.54 Å². The first kappa shape index (κ1) is 12.4. The number of hydrogen-bond acceptors (Lipinski definition) is 3. The van der Waals surface area contributed by atoms with Gasteiger partial charge in [-0.15, -0.1) is 0 Å². The molecule has 1 N–H and O–H groups in total. The van der Waals surface area contributed by atoms with Gasteiger partial charge in [-0.3, -0.25) is 0 Å². The third-order valence-corrected chi connectivity index (χ3v) is 6.80. The lowest BCUT2D eigenvalue weighted by molar-refractivity contribution is -0.00815. The van der Waals surface area contributed by atoms with Gasteiger partial charge in [-0.05, 0) is 63.2 Å². The molecule has 4 aliphatic rings. The molecule has 4 nitrogen and oxygen atoms in total. The van der Waals surface area contributed by atoms with Gasteiger partial charge in [0.1, 0.15) is 0 Å². The Morgan fingerprint density at radius 2 is 1.61 bits per heavy atom.